The predicted molar refractivity (Wildman–Crippen MR) is 154 cm³/mol. The zero-order valence-corrected chi connectivity index (χ0v) is 25.9. The van der Waals surface area contributed by atoms with Crippen LogP contribution in [-0.4, -0.2) is 14.4 Å². The van der Waals surface area contributed by atoms with E-state index < -0.39 is 8.32 Å². The van der Waals surface area contributed by atoms with Crippen LogP contribution in [0.1, 0.15) is 113 Å². The Balaban J connectivity index is 1.48. The summed E-state index contributed by atoms with van der Waals surface area (Å²) in [6.07, 6.45) is 15.0. The summed E-state index contributed by atoms with van der Waals surface area (Å²) in [7, 11) is -1.71. The van der Waals surface area contributed by atoms with Gasteiger partial charge in [-0.3, -0.25) is 0 Å². The fourth-order valence-corrected chi connectivity index (χ4v) is 10.1. The quantitative estimate of drug-likeness (QED) is 0.214. The van der Waals surface area contributed by atoms with Gasteiger partial charge in [0, 0.05) is 18.4 Å². The fraction of sp³-hybridized carbons (Fsp3) is 0.879. The SMILES string of the molecule is CC(C)CC#C[C@H](C)[C@H]1CC[C@H]2[C@@H]3CC=C4C[C@@H](O[Si](C)(C)C(C)(C)C)CC[C@]4(C)[C@H]3CC[C@]12C. The lowest BCUT2D eigenvalue weighted by Crippen LogP contribution is -2.52. The summed E-state index contributed by atoms with van der Waals surface area (Å²) in [4.78, 5) is 0. The van der Waals surface area contributed by atoms with Crippen molar-refractivity contribution in [3.05, 3.63) is 11.6 Å². The Bertz CT molecular complexity index is 866. The zero-order chi connectivity index (χ0) is 25.8. The van der Waals surface area contributed by atoms with Crippen molar-refractivity contribution in [2.45, 2.75) is 137 Å². The number of rotatable bonds is 4. The van der Waals surface area contributed by atoms with E-state index in [-0.39, 0.29) is 0 Å². The lowest BCUT2D eigenvalue weighted by Gasteiger charge is -2.58. The number of allylic oxidation sites excluding steroid dienone is 1. The van der Waals surface area contributed by atoms with Crippen molar-refractivity contribution < 1.29 is 4.43 Å². The summed E-state index contributed by atoms with van der Waals surface area (Å²) in [6.45, 7) is 24.3. The zero-order valence-electron chi connectivity index (χ0n) is 24.9. The average molecular weight is 497 g/mol. The number of fused-ring (bicyclic) bond motifs is 5. The second-order valence-electron chi connectivity index (χ2n) is 15.4. The van der Waals surface area contributed by atoms with Crippen molar-refractivity contribution in [1.29, 1.82) is 0 Å². The standard InChI is InChI=1S/C33H56OSi/c1-23(2)12-11-13-24(3)28-16-17-29-27-15-14-25-22-26(34-35(9,10)31(4,5)6)18-20-32(25,7)30(27)19-21-33(28,29)8/h14,23-24,26-30H,12,15-22H2,1-10H3/t24-,26-,27-,28+,29-,30-,32-,33+/m0/s1. The van der Waals surface area contributed by atoms with Crippen LogP contribution in [0.5, 0.6) is 0 Å². The van der Waals surface area contributed by atoms with Gasteiger partial charge in [0.2, 0.25) is 0 Å². The van der Waals surface area contributed by atoms with Gasteiger partial charge in [-0.2, -0.15) is 0 Å². The third-order valence-electron chi connectivity index (χ3n) is 11.8. The van der Waals surface area contributed by atoms with Gasteiger partial charge >= 0.3 is 0 Å². The van der Waals surface area contributed by atoms with Crippen LogP contribution in [0, 0.1) is 58.2 Å². The Labute approximate surface area is 219 Å². The molecule has 0 aromatic heterocycles. The van der Waals surface area contributed by atoms with E-state index in [0.717, 1.165) is 30.1 Å². The van der Waals surface area contributed by atoms with Crippen molar-refractivity contribution >= 4 is 8.32 Å². The van der Waals surface area contributed by atoms with E-state index in [1.54, 1.807) is 5.57 Å². The fourth-order valence-electron chi connectivity index (χ4n) is 8.71. The van der Waals surface area contributed by atoms with E-state index in [4.69, 9.17) is 4.43 Å². The second kappa shape index (κ2) is 9.65. The van der Waals surface area contributed by atoms with Crippen LogP contribution in [0.15, 0.2) is 11.6 Å². The molecule has 3 saturated carbocycles. The Hall–Kier alpha value is -0.523. The van der Waals surface area contributed by atoms with Gasteiger partial charge in [-0.15, -0.1) is 5.92 Å². The van der Waals surface area contributed by atoms with E-state index >= 15 is 0 Å². The number of hydrogen-bond acceptors (Lipinski definition) is 1. The minimum atomic E-state index is -1.71. The molecule has 0 radical (unpaired) electrons. The van der Waals surface area contributed by atoms with Gasteiger partial charge in [0.05, 0.1) is 0 Å². The summed E-state index contributed by atoms with van der Waals surface area (Å²) < 4.78 is 6.93. The van der Waals surface area contributed by atoms with Crippen molar-refractivity contribution in [1.82, 2.24) is 0 Å². The molecule has 0 bridgehead atoms. The lowest BCUT2D eigenvalue weighted by molar-refractivity contribution is -0.0527. The van der Waals surface area contributed by atoms with Crippen LogP contribution >= 0.6 is 0 Å². The highest BCUT2D eigenvalue weighted by atomic mass is 28.4. The topological polar surface area (TPSA) is 9.23 Å². The molecule has 0 heterocycles. The van der Waals surface area contributed by atoms with Crippen LogP contribution in [0.3, 0.4) is 0 Å². The predicted octanol–water partition coefficient (Wildman–Crippen LogP) is 9.64. The Kier molecular flexibility index (Phi) is 7.59. The molecule has 0 aromatic rings. The van der Waals surface area contributed by atoms with Gasteiger partial charge in [-0.25, -0.2) is 0 Å². The molecule has 0 N–H and O–H groups in total. The first kappa shape index (κ1) is 27.5. The maximum absolute atomic E-state index is 6.93. The molecule has 4 rings (SSSR count). The molecule has 0 amide bonds. The van der Waals surface area contributed by atoms with E-state index in [9.17, 15) is 0 Å². The molecule has 0 unspecified atom stereocenters. The molecule has 8 atom stereocenters. The maximum atomic E-state index is 6.93. The first-order valence-corrected chi connectivity index (χ1v) is 18.0. The second-order valence-corrected chi connectivity index (χ2v) is 20.2. The normalized spacial score (nSPS) is 40.2. The van der Waals surface area contributed by atoms with E-state index in [0.29, 0.717) is 33.8 Å². The largest absolute Gasteiger partial charge is 0.414 e. The molecule has 35 heavy (non-hydrogen) atoms. The summed E-state index contributed by atoms with van der Waals surface area (Å²) in [6, 6.07) is 0. The molecule has 0 aliphatic heterocycles. The maximum Gasteiger partial charge on any atom is 0.192 e. The minimum absolute atomic E-state index is 0.295. The lowest BCUT2D eigenvalue weighted by atomic mass is 9.47. The monoisotopic (exact) mass is 496 g/mol. The van der Waals surface area contributed by atoms with Crippen LogP contribution < -0.4 is 0 Å². The highest BCUT2D eigenvalue weighted by Gasteiger charge is 2.59. The van der Waals surface area contributed by atoms with Gasteiger partial charge in [0.1, 0.15) is 0 Å². The van der Waals surface area contributed by atoms with Crippen molar-refractivity contribution in [3.8, 4) is 11.8 Å². The summed E-state index contributed by atoms with van der Waals surface area (Å²) in [5, 5.41) is 0.295. The third kappa shape index (κ3) is 5.00. The molecule has 3 fully saturated rings. The summed E-state index contributed by atoms with van der Waals surface area (Å²) >= 11 is 0. The highest BCUT2D eigenvalue weighted by Crippen LogP contribution is 2.67. The first-order valence-electron chi connectivity index (χ1n) is 15.0. The third-order valence-corrected chi connectivity index (χ3v) is 16.4. The van der Waals surface area contributed by atoms with Crippen molar-refractivity contribution in [3.63, 3.8) is 0 Å². The first-order chi connectivity index (χ1) is 16.2. The minimum Gasteiger partial charge on any atom is -0.414 e. The van der Waals surface area contributed by atoms with Gasteiger partial charge in [-0.1, -0.05) is 73.0 Å². The van der Waals surface area contributed by atoms with E-state index in [2.05, 4.69) is 86.4 Å². The molecular weight excluding hydrogens is 440 g/mol. The molecule has 1 nitrogen and oxygen atoms in total. The van der Waals surface area contributed by atoms with E-state index in [1.807, 2.05) is 0 Å². The molecular formula is C33H56OSi. The Morgan fingerprint density at radius 3 is 2.40 bits per heavy atom. The molecule has 2 heteroatoms. The smallest absolute Gasteiger partial charge is 0.192 e. The Morgan fingerprint density at radius 1 is 1.03 bits per heavy atom. The van der Waals surface area contributed by atoms with Gasteiger partial charge < -0.3 is 4.43 Å². The van der Waals surface area contributed by atoms with Crippen molar-refractivity contribution in [2.24, 2.45) is 46.3 Å². The average Bonchev–Trinajstić information content (AvgIpc) is 3.10. The highest BCUT2D eigenvalue weighted by molar-refractivity contribution is 6.74. The molecule has 0 spiro atoms. The molecule has 0 saturated heterocycles. The van der Waals surface area contributed by atoms with Crippen LogP contribution in [-0.2, 0) is 4.43 Å². The molecule has 0 aromatic carbocycles. The van der Waals surface area contributed by atoms with E-state index in [1.165, 1.54) is 51.4 Å². The van der Waals surface area contributed by atoms with Gasteiger partial charge in [0.25, 0.3) is 0 Å². The van der Waals surface area contributed by atoms with Gasteiger partial charge in [-0.05, 0) is 110 Å². The Morgan fingerprint density at radius 2 is 1.74 bits per heavy atom. The molecule has 4 aliphatic rings. The molecule has 198 valence electrons. The summed E-state index contributed by atoms with van der Waals surface area (Å²) in [5.74, 6) is 11.9. The summed E-state index contributed by atoms with van der Waals surface area (Å²) in [5.41, 5.74) is 2.68. The van der Waals surface area contributed by atoms with Crippen LogP contribution in [0.25, 0.3) is 0 Å². The van der Waals surface area contributed by atoms with Gasteiger partial charge in [0.15, 0.2) is 8.32 Å². The van der Waals surface area contributed by atoms with Crippen LogP contribution in [0.4, 0.5) is 0 Å². The van der Waals surface area contributed by atoms with Crippen LogP contribution in [0.2, 0.25) is 18.1 Å². The van der Waals surface area contributed by atoms with Crippen molar-refractivity contribution in [2.75, 3.05) is 0 Å². The molecule has 4 aliphatic carbocycles. The number of hydrogen-bond donors (Lipinski definition) is 0.